The van der Waals surface area contributed by atoms with Crippen LogP contribution in [0.3, 0.4) is 0 Å². The van der Waals surface area contributed by atoms with Crippen LogP contribution in [-0.4, -0.2) is 12.5 Å². The molecule has 3 rings (SSSR count). The van der Waals surface area contributed by atoms with Gasteiger partial charge in [-0.05, 0) is 55.2 Å². The van der Waals surface area contributed by atoms with Crippen LogP contribution < -0.4 is 5.32 Å². The molecule has 0 unspecified atom stereocenters. The second-order valence-corrected chi connectivity index (χ2v) is 8.27. The number of hydrogen-bond acceptors (Lipinski definition) is 3. The Morgan fingerprint density at radius 3 is 2.74 bits per heavy atom. The molecule has 2 aromatic rings. The van der Waals surface area contributed by atoms with Crippen molar-refractivity contribution in [2.45, 2.75) is 26.0 Å². The highest BCUT2D eigenvalue weighted by molar-refractivity contribution is 8.03. The van der Waals surface area contributed by atoms with E-state index >= 15 is 0 Å². The first kappa shape index (κ1) is 16.6. The molecule has 1 N–H and O–H groups in total. The third-order valence-electron chi connectivity index (χ3n) is 4.01. The Kier molecular flexibility index (Phi) is 5.14. The van der Waals surface area contributed by atoms with Gasteiger partial charge in [-0.15, -0.1) is 23.1 Å². The van der Waals surface area contributed by atoms with Gasteiger partial charge in [0.15, 0.2) is 0 Å². The molecule has 1 aliphatic heterocycles. The molecule has 0 aliphatic carbocycles. The molecular weight excluding hydrogens is 346 g/mol. The first-order valence-corrected chi connectivity index (χ1v) is 9.68. The number of hydrogen-bond donors (Lipinski definition) is 1. The number of carbonyl (C=O) groups excluding carboxylic acids is 1. The quantitative estimate of drug-likeness (QED) is 0.831. The van der Waals surface area contributed by atoms with E-state index in [0.717, 1.165) is 22.1 Å². The molecule has 0 saturated carbocycles. The lowest BCUT2D eigenvalue weighted by molar-refractivity contribution is -0.116. The lowest BCUT2D eigenvalue weighted by Crippen LogP contribution is -2.26. The second-order valence-electron chi connectivity index (χ2n) is 5.56. The lowest BCUT2D eigenvalue weighted by Gasteiger charge is -2.13. The van der Waals surface area contributed by atoms with Crippen molar-refractivity contribution in [3.63, 3.8) is 0 Å². The number of fused-ring (bicyclic) bond motifs is 1. The van der Waals surface area contributed by atoms with Crippen molar-refractivity contribution in [1.29, 1.82) is 0 Å². The monoisotopic (exact) mass is 363 g/mol. The number of carbonyl (C=O) groups is 1. The Morgan fingerprint density at radius 2 is 2.00 bits per heavy atom. The number of benzene rings is 1. The summed E-state index contributed by atoms with van der Waals surface area (Å²) in [5.41, 5.74) is 3.93. The maximum Gasteiger partial charge on any atom is 0.257 e. The molecule has 1 aromatic heterocycles. The third-order valence-corrected chi connectivity index (χ3v) is 6.51. The minimum Gasteiger partial charge on any atom is -0.351 e. The molecular formula is C18H18ClNOS2. The summed E-state index contributed by atoms with van der Waals surface area (Å²) in [6.07, 6.45) is 2.84. The molecule has 0 saturated heterocycles. The van der Waals surface area contributed by atoms with Gasteiger partial charge in [0, 0.05) is 27.1 Å². The Bertz CT molecular complexity index is 762. The van der Waals surface area contributed by atoms with E-state index in [1.807, 2.05) is 30.3 Å². The predicted molar refractivity (Wildman–Crippen MR) is 101 cm³/mol. The van der Waals surface area contributed by atoms with E-state index in [2.05, 4.69) is 19.2 Å². The van der Waals surface area contributed by atoms with E-state index in [9.17, 15) is 4.79 Å². The minimum absolute atomic E-state index is 0.0262. The van der Waals surface area contributed by atoms with Crippen LogP contribution in [0.2, 0.25) is 5.02 Å². The summed E-state index contributed by atoms with van der Waals surface area (Å²) in [5, 5.41) is 3.75. The zero-order valence-corrected chi connectivity index (χ0v) is 15.5. The molecule has 2 nitrogen and oxygen atoms in total. The number of nitrogens with one attached hydrogen (secondary N) is 1. The van der Waals surface area contributed by atoms with E-state index < -0.39 is 0 Å². The summed E-state index contributed by atoms with van der Waals surface area (Å²) in [4.78, 5) is 15.7. The van der Waals surface area contributed by atoms with Crippen molar-refractivity contribution >= 4 is 46.7 Å². The molecule has 0 bridgehead atoms. The minimum atomic E-state index is 0.0262. The molecule has 0 spiro atoms. The second kappa shape index (κ2) is 7.12. The van der Waals surface area contributed by atoms with Crippen molar-refractivity contribution < 1.29 is 4.79 Å². The number of rotatable bonds is 4. The fourth-order valence-electron chi connectivity index (χ4n) is 2.50. The Labute approximate surface area is 149 Å². The number of halogens is 1. The van der Waals surface area contributed by atoms with Crippen molar-refractivity contribution in [1.82, 2.24) is 5.32 Å². The zero-order chi connectivity index (χ0) is 16.4. The highest BCUT2D eigenvalue weighted by Crippen LogP contribution is 2.39. The molecule has 2 heterocycles. The molecule has 0 atom stereocenters. The van der Waals surface area contributed by atoms with Crippen LogP contribution >= 0.6 is 34.7 Å². The largest absolute Gasteiger partial charge is 0.351 e. The van der Waals surface area contributed by atoms with Gasteiger partial charge in [-0.1, -0.05) is 23.7 Å². The average Bonchev–Trinajstić information content (AvgIpc) is 2.83. The van der Waals surface area contributed by atoms with Crippen LogP contribution in [-0.2, 0) is 17.0 Å². The highest BCUT2D eigenvalue weighted by Gasteiger charge is 2.20. The van der Waals surface area contributed by atoms with Crippen LogP contribution in [0.5, 0.6) is 0 Å². The SMILES string of the molecule is Cc1sc2c(c1C)CSC(C(=O)NCCc1ccc(Cl)cc1)=C2. The first-order valence-electron chi connectivity index (χ1n) is 7.50. The van der Waals surface area contributed by atoms with Crippen LogP contribution in [0.1, 0.15) is 26.4 Å². The molecule has 5 heteroatoms. The van der Waals surface area contributed by atoms with Gasteiger partial charge in [0.2, 0.25) is 0 Å². The normalized spacial score (nSPS) is 13.4. The first-order chi connectivity index (χ1) is 11.0. The molecule has 0 fully saturated rings. The Hall–Kier alpha value is -1.23. The van der Waals surface area contributed by atoms with Gasteiger partial charge in [-0.3, -0.25) is 4.79 Å². The number of aryl methyl sites for hydroxylation is 1. The van der Waals surface area contributed by atoms with E-state index in [1.165, 1.54) is 26.4 Å². The van der Waals surface area contributed by atoms with Gasteiger partial charge in [-0.2, -0.15) is 0 Å². The summed E-state index contributed by atoms with van der Waals surface area (Å²) in [6.45, 7) is 4.94. The summed E-state index contributed by atoms with van der Waals surface area (Å²) in [6, 6.07) is 7.74. The standard InChI is InChI=1S/C18H18ClNOS2/c1-11-12(2)23-16-9-17(22-10-15(11)16)18(21)20-8-7-13-3-5-14(19)6-4-13/h3-6,9H,7-8,10H2,1-2H3,(H,20,21). The van der Waals surface area contributed by atoms with E-state index in [-0.39, 0.29) is 5.91 Å². The van der Waals surface area contributed by atoms with Gasteiger partial charge >= 0.3 is 0 Å². The molecule has 1 amide bonds. The molecule has 120 valence electrons. The number of thioether (sulfide) groups is 1. The van der Waals surface area contributed by atoms with Crippen molar-refractivity contribution in [3.8, 4) is 0 Å². The van der Waals surface area contributed by atoms with Gasteiger partial charge in [0.25, 0.3) is 5.91 Å². The molecule has 1 aromatic carbocycles. The number of thiophene rings is 1. The smallest absolute Gasteiger partial charge is 0.257 e. The van der Waals surface area contributed by atoms with Crippen LogP contribution in [0.15, 0.2) is 29.2 Å². The third kappa shape index (κ3) is 3.82. The van der Waals surface area contributed by atoms with Crippen LogP contribution in [0.25, 0.3) is 6.08 Å². The zero-order valence-electron chi connectivity index (χ0n) is 13.1. The summed E-state index contributed by atoms with van der Waals surface area (Å²) < 4.78 is 0. The Balaban J connectivity index is 1.59. The average molecular weight is 364 g/mol. The van der Waals surface area contributed by atoms with Crippen molar-refractivity contribution in [2.24, 2.45) is 0 Å². The van der Waals surface area contributed by atoms with Crippen LogP contribution in [0, 0.1) is 13.8 Å². The highest BCUT2D eigenvalue weighted by atomic mass is 35.5. The fraction of sp³-hybridized carbons (Fsp3) is 0.278. The maximum atomic E-state index is 12.3. The van der Waals surface area contributed by atoms with E-state index in [4.69, 9.17) is 11.6 Å². The van der Waals surface area contributed by atoms with Gasteiger partial charge in [-0.25, -0.2) is 0 Å². The maximum absolute atomic E-state index is 12.3. The predicted octanol–water partition coefficient (Wildman–Crippen LogP) is 4.96. The fourth-order valence-corrected chi connectivity index (χ4v) is 5.00. The van der Waals surface area contributed by atoms with Crippen molar-refractivity contribution in [2.75, 3.05) is 6.54 Å². The summed E-state index contributed by atoms with van der Waals surface area (Å²) >= 11 is 9.28. The van der Waals surface area contributed by atoms with Crippen molar-refractivity contribution in [3.05, 3.63) is 60.6 Å². The van der Waals surface area contributed by atoms with E-state index in [1.54, 1.807) is 23.1 Å². The summed E-state index contributed by atoms with van der Waals surface area (Å²) in [7, 11) is 0. The van der Waals surface area contributed by atoms with E-state index in [0.29, 0.717) is 6.54 Å². The summed E-state index contributed by atoms with van der Waals surface area (Å²) in [5.74, 6) is 0.917. The molecule has 1 aliphatic rings. The molecule has 0 radical (unpaired) electrons. The Morgan fingerprint density at radius 1 is 1.26 bits per heavy atom. The van der Waals surface area contributed by atoms with Gasteiger partial charge in [0.1, 0.15) is 0 Å². The topological polar surface area (TPSA) is 29.1 Å². The van der Waals surface area contributed by atoms with Crippen LogP contribution in [0.4, 0.5) is 0 Å². The molecule has 23 heavy (non-hydrogen) atoms. The lowest BCUT2D eigenvalue weighted by atomic mass is 10.1. The van der Waals surface area contributed by atoms with Gasteiger partial charge < -0.3 is 5.32 Å². The number of amides is 1. The van der Waals surface area contributed by atoms with Gasteiger partial charge in [0.05, 0.1) is 4.91 Å².